The van der Waals surface area contributed by atoms with Gasteiger partial charge < -0.3 is 9.42 Å². The second kappa shape index (κ2) is 7.59. The first kappa shape index (κ1) is 18.4. The molecule has 1 aliphatic heterocycles. The van der Waals surface area contributed by atoms with E-state index < -0.39 is 10.0 Å². The van der Waals surface area contributed by atoms with Gasteiger partial charge in [-0.25, -0.2) is 13.1 Å². The second-order valence-electron chi connectivity index (χ2n) is 7.50. The minimum Gasteiger partial charge on any atom is -0.355 e. The first-order chi connectivity index (χ1) is 13.0. The molecule has 0 atom stereocenters. The third kappa shape index (κ3) is 3.87. The van der Waals surface area contributed by atoms with Gasteiger partial charge in [0.1, 0.15) is 0 Å². The van der Waals surface area contributed by atoms with Gasteiger partial charge in [0.05, 0.1) is 10.3 Å². The molecular formula is C19H25N3O4S. The van der Waals surface area contributed by atoms with Crippen LogP contribution in [0.5, 0.6) is 0 Å². The summed E-state index contributed by atoms with van der Waals surface area (Å²) in [6, 6.07) is 4.57. The van der Waals surface area contributed by atoms with Crippen molar-refractivity contribution in [3.63, 3.8) is 0 Å². The number of sulfonamides is 1. The van der Waals surface area contributed by atoms with Crippen molar-refractivity contribution in [3.05, 3.63) is 23.9 Å². The Bertz CT molecular complexity index is 926. The summed E-state index contributed by atoms with van der Waals surface area (Å²) in [4.78, 5) is 14.7. The van der Waals surface area contributed by atoms with Gasteiger partial charge in [-0.15, -0.1) is 0 Å². The summed E-state index contributed by atoms with van der Waals surface area (Å²) >= 11 is 0. The molecule has 1 aromatic carbocycles. The fourth-order valence-electron chi connectivity index (χ4n) is 3.99. The average molecular weight is 391 g/mol. The maximum absolute atomic E-state index is 12.8. The second-order valence-corrected chi connectivity index (χ2v) is 9.21. The minimum absolute atomic E-state index is 0.0172. The number of hydrogen-bond acceptors (Lipinski definition) is 5. The molecule has 2 heterocycles. The third-order valence-corrected chi connectivity index (χ3v) is 7.04. The fourth-order valence-corrected chi connectivity index (χ4v) is 5.32. The van der Waals surface area contributed by atoms with Gasteiger partial charge >= 0.3 is 0 Å². The van der Waals surface area contributed by atoms with E-state index in [4.69, 9.17) is 4.52 Å². The molecule has 0 bridgehead atoms. The summed E-state index contributed by atoms with van der Waals surface area (Å²) in [6.07, 6.45) is 8.07. The summed E-state index contributed by atoms with van der Waals surface area (Å²) in [7, 11) is -3.64. The van der Waals surface area contributed by atoms with Crippen LogP contribution in [0.1, 0.15) is 61.9 Å². The number of nitrogens with zero attached hydrogens (tertiary/aromatic N) is 2. The molecule has 2 fully saturated rings. The van der Waals surface area contributed by atoms with E-state index in [1.165, 1.54) is 12.1 Å². The van der Waals surface area contributed by atoms with Crippen LogP contribution in [0.2, 0.25) is 0 Å². The van der Waals surface area contributed by atoms with Crippen LogP contribution in [0, 0.1) is 0 Å². The SMILES string of the molecule is O=C(c1noc2ccc(S(=O)(=O)NC3CCCCC3)cc12)N1CCCCC1. The van der Waals surface area contributed by atoms with Gasteiger partial charge in [-0.05, 0) is 50.3 Å². The summed E-state index contributed by atoms with van der Waals surface area (Å²) in [6.45, 7) is 1.41. The molecule has 2 aromatic rings. The van der Waals surface area contributed by atoms with Gasteiger partial charge in [-0.2, -0.15) is 0 Å². The molecule has 0 unspecified atom stereocenters. The lowest BCUT2D eigenvalue weighted by Crippen LogP contribution is -2.36. The van der Waals surface area contributed by atoms with E-state index in [0.717, 1.165) is 51.4 Å². The van der Waals surface area contributed by atoms with Gasteiger partial charge in [-0.3, -0.25) is 4.79 Å². The number of nitrogens with one attached hydrogen (secondary N) is 1. The van der Waals surface area contributed by atoms with E-state index in [-0.39, 0.29) is 22.5 Å². The first-order valence-electron chi connectivity index (χ1n) is 9.76. The lowest BCUT2D eigenvalue weighted by molar-refractivity contribution is 0.0716. The van der Waals surface area contributed by atoms with Crippen LogP contribution in [0.4, 0.5) is 0 Å². The van der Waals surface area contributed by atoms with Crippen molar-refractivity contribution in [1.29, 1.82) is 0 Å². The largest absolute Gasteiger partial charge is 0.355 e. The molecular weight excluding hydrogens is 366 g/mol. The summed E-state index contributed by atoms with van der Waals surface area (Å²) < 4.78 is 33.7. The Morgan fingerprint density at radius 2 is 1.78 bits per heavy atom. The van der Waals surface area contributed by atoms with E-state index >= 15 is 0 Å². The first-order valence-corrected chi connectivity index (χ1v) is 11.2. The number of hydrogen-bond donors (Lipinski definition) is 1. The number of carbonyl (C=O) groups excluding carboxylic acids is 1. The zero-order valence-electron chi connectivity index (χ0n) is 15.3. The molecule has 146 valence electrons. The highest BCUT2D eigenvalue weighted by molar-refractivity contribution is 7.89. The topological polar surface area (TPSA) is 92.5 Å². The molecule has 1 saturated heterocycles. The number of fused-ring (bicyclic) bond motifs is 1. The smallest absolute Gasteiger partial charge is 0.276 e. The molecule has 0 radical (unpaired) electrons. The van der Waals surface area contributed by atoms with Crippen LogP contribution in [0.25, 0.3) is 11.0 Å². The Balaban J connectivity index is 1.62. The van der Waals surface area contributed by atoms with Gasteiger partial charge in [0, 0.05) is 19.1 Å². The van der Waals surface area contributed by atoms with Crippen LogP contribution in [0.15, 0.2) is 27.6 Å². The van der Waals surface area contributed by atoms with Crippen LogP contribution < -0.4 is 4.72 Å². The normalized spacial score (nSPS) is 19.5. The third-order valence-electron chi connectivity index (χ3n) is 5.52. The summed E-state index contributed by atoms with van der Waals surface area (Å²) in [5.41, 5.74) is 0.619. The molecule has 4 rings (SSSR count). The molecule has 1 amide bonds. The highest BCUT2D eigenvalue weighted by Crippen LogP contribution is 2.26. The van der Waals surface area contributed by atoms with Crippen molar-refractivity contribution >= 4 is 26.9 Å². The quantitative estimate of drug-likeness (QED) is 0.865. The van der Waals surface area contributed by atoms with Gasteiger partial charge in [0.2, 0.25) is 10.0 Å². The Morgan fingerprint density at radius 3 is 2.52 bits per heavy atom. The maximum atomic E-state index is 12.8. The Kier molecular flexibility index (Phi) is 5.19. The van der Waals surface area contributed by atoms with Crippen LogP contribution in [-0.4, -0.2) is 43.5 Å². The molecule has 1 saturated carbocycles. The number of benzene rings is 1. The number of piperidine rings is 1. The number of rotatable bonds is 4. The molecule has 7 nitrogen and oxygen atoms in total. The highest BCUT2D eigenvalue weighted by atomic mass is 32.2. The zero-order chi connectivity index (χ0) is 18.9. The number of carbonyl (C=O) groups is 1. The average Bonchev–Trinajstić information content (AvgIpc) is 3.12. The molecule has 1 aromatic heterocycles. The fraction of sp³-hybridized carbons (Fsp3) is 0.579. The lowest BCUT2D eigenvalue weighted by Gasteiger charge is -2.25. The van der Waals surface area contributed by atoms with Crippen molar-refractivity contribution in [2.24, 2.45) is 0 Å². The molecule has 27 heavy (non-hydrogen) atoms. The summed E-state index contributed by atoms with van der Waals surface area (Å²) in [5, 5.41) is 4.38. The van der Waals surface area contributed by atoms with E-state index in [0.29, 0.717) is 24.1 Å². The van der Waals surface area contributed by atoms with Crippen molar-refractivity contribution in [1.82, 2.24) is 14.8 Å². The molecule has 1 aliphatic carbocycles. The van der Waals surface area contributed by atoms with E-state index in [1.807, 2.05) is 0 Å². The van der Waals surface area contributed by atoms with Crippen LogP contribution in [0.3, 0.4) is 0 Å². The Morgan fingerprint density at radius 1 is 1.07 bits per heavy atom. The number of likely N-dealkylation sites (tertiary alicyclic amines) is 1. The predicted molar refractivity (Wildman–Crippen MR) is 101 cm³/mol. The van der Waals surface area contributed by atoms with Crippen molar-refractivity contribution in [3.8, 4) is 0 Å². The highest BCUT2D eigenvalue weighted by Gasteiger charge is 2.26. The Hall–Kier alpha value is -1.93. The van der Waals surface area contributed by atoms with Crippen molar-refractivity contribution in [2.75, 3.05) is 13.1 Å². The van der Waals surface area contributed by atoms with Crippen LogP contribution in [-0.2, 0) is 10.0 Å². The Labute approximate surface area is 159 Å². The zero-order valence-corrected chi connectivity index (χ0v) is 16.1. The van der Waals surface area contributed by atoms with E-state index in [1.54, 1.807) is 11.0 Å². The van der Waals surface area contributed by atoms with Crippen molar-refractivity contribution < 1.29 is 17.7 Å². The lowest BCUT2D eigenvalue weighted by atomic mass is 9.96. The monoisotopic (exact) mass is 391 g/mol. The van der Waals surface area contributed by atoms with Gasteiger partial charge in [0.15, 0.2) is 11.3 Å². The van der Waals surface area contributed by atoms with Crippen molar-refractivity contribution in [2.45, 2.75) is 62.3 Å². The predicted octanol–water partition coefficient (Wildman–Crippen LogP) is 3.06. The van der Waals surface area contributed by atoms with E-state index in [9.17, 15) is 13.2 Å². The molecule has 0 spiro atoms. The van der Waals surface area contributed by atoms with E-state index in [2.05, 4.69) is 9.88 Å². The van der Waals surface area contributed by atoms with Gasteiger partial charge in [-0.1, -0.05) is 24.4 Å². The number of aromatic nitrogens is 1. The molecule has 2 aliphatic rings. The maximum Gasteiger partial charge on any atom is 0.276 e. The molecule has 1 N–H and O–H groups in total. The minimum atomic E-state index is -3.64. The number of amides is 1. The van der Waals surface area contributed by atoms with Crippen LogP contribution >= 0.6 is 0 Å². The standard InChI is InChI=1S/C19H25N3O4S/c23-19(22-11-5-2-6-12-22)18-16-13-15(9-10-17(16)26-20-18)27(24,25)21-14-7-3-1-4-8-14/h9-10,13-14,21H,1-8,11-12H2. The summed E-state index contributed by atoms with van der Waals surface area (Å²) in [5.74, 6) is -0.191. The molecule has 8 heteroatoms. The van der Waals surface area contributed by atoms with Gasteiger partial charge in [0.25, 0.3) is 5.91 Å².